The van der Waals surface area contributed by atoms with Crippen molar-refractivity contribution in [3.05, 3.63) is 34.9 Å². The highest BCUT2D eigenvalue weighted by Gasteiger charge is 2.28. The minimum Gasteiger partial charge on any atom is -0.281 e. The number of amides is 2. The number of rotatable bonds is 0. The van der Waals surface area contributed by atoms with Crippen LogP contribution in [0, 0.1) is 6.92 Å². The number of aryl methyl sites for hydroxylation is 1. The zero-order valence-electron chi connectivity index (χ0n) is 8.20. The Labute approximate surface area is 82.3 Å². The Balaban J connectivity index is 2.62. The summed E-state index contributed by atoms with van der Waals surface area (Å²) in [5, 5.41) is 0. The molecule has 0 aromatic heterocycles. The van der Waals surface area contributed by atoms with E-state index in [1.807, 2.05) is 25.1 Å². The number of imide groups is 1. The molecule has 1 aliphatic heterocycles. The zero-order valence-corrected chi connectivity index (χ0v) is 8.20. The SMILES string of the molecule is Cc1cccc2c1C(=O)N(C)C(=O)C2. The van der Waals surface area contributed by atoms with Gasteiger partial charge in [-0.05, 0) is 18.1 Å². The number of benzene rings is 1. The van der Waals surface area contributed by atoms with Crippen molar-refractivity contribution in [2.24, 2.45) is 0 Å². The van der Waals surface area contributed by atoms with E-state index in [4.69, 9.17) is 0 Å². The van der Waals surface area contributed by atoms with E-state index >= 15 is 0 Å². The first-order valence-electron chi connectivity index (χ1n) is 4.50. The van der Waals surface area contributed by atoms with E-state index in [2.05, 4.69) is 0 Å². The smallest absolute Gasteiger partial charge is 0.260 e. The Bertz CT molecular complexity index is 423. The first kappa shape index (κ1) is 8.94. The highest BCUT2D eigenvalue weighted by molar-refractivity contribution is 6.10. The van der Waals surface area contributed by atoms with Gasteiger partial charge in [-0.3, -0.25) is 14.5 Å². The largest absolute Gasteiger partial charge is 0.281 e. The van der Waals surface area contributed by atoms with E-state index < -0.39 is 0 Å². The maximum Gasteiger partial charge on any atom is 0.260 e. The van der Waals surface area contributed by atoms with Crippen LogP contribution in [0.4, 0.5) is 0 Å². The molecule has 0 atom stereocenters. The van der Waals surface area contributed by atoms with Crippen LogP contribution in [0.3, 0.4) is 0 Å². The van der Waals surface area contributed by atoms with Crippen LogP contribution in [-0.2, 0) is 11.2 Å². The maximum absolute atomic E-state index is 11.8. The van der Waals surface area contributed by atoms with Crippen molar-refractivity contribution in [1.82, 2.24) is 4.90 Å². The predicted molar refractivity (Wildman–Crippen MR) is 52.0 cm³/mol. The Morgan fingerprint density at radius 2 is 2.00 bits per heavy atom. The molecular weight excluding hydrogens is 178 g/mol. The average molecular weight is 189 g/mol. The molecule has 1 aromatic rings. The molecule has 0 bridgehead atoms. The van der Waals surface area contributed by atoms with Crippen LogP contribution in [0.15, 0.2) is 18.2 Å². The molecular formula is C11H11NO2. The molecule has 2 rings (SSSR count). The molecule has 2 amide bonds. The Kier molecular flexibility index (Phi) is 1.88. The Hall–Kier alpha value is -1.64. The maximum atomic E-state index is 11.8. The summed E-state index contributed by atoms with van der Waals surface area (Å²) in [5.74, 6) is -0.317. The first-order valence-corrected chi connectivity index (χ1v) is 4.50. The summed E-state index contributed by atoms with van der Waals surface area (Å²) in [4.78, 5) is 24.3. The lowest BCUT2D eigenvalue weighted by Crippen LogP contribution is -2.39. The molecule has 1 heterocycles. The number of carbonyl (C=O) groups excluding carboxylic acids is 2. The monoisotopic (exact) mass is 189 g/mol. The fraction of sp³-hybridized carbons (Fsp3) is 0.273. The Morgan fingerprint density at radius 1 is 1.29 bits per heavy atom. The first-order chi connectivity index (χ1) is 6.61. The standard InChI is InChI=1S/C11H11NO2/c1-7-4-3-5-8-6-9(13)12(2)11(14)10(7)8/h3-5H,6H2,1-2H3. The van der Waals surface area contributed by atoms with Gasteiger partial charge >= 0.3 is 0 Å². The molecule has 0 unspecified atom stereocenters. The third-order valence-electron chi connectivity index (χ3n) is 2.59. The fourth-order valence-corrected chi connectivity index (χ4v) is 1.74. The molecule has 1 aliphatic rings. The van der Waals surface area contributed by atoms with Gasteiger partial charge in [-0.15, -0.1) is 0 Å². The molecule has 0 spiro atoms. The van der Waals surface area contributed by atoms with E-state index in [1.54, 1.807) is 0 Å². The van der Waals surface area contributed by atoms with Crippen molar-refractivity contribution >= 4 is 11.8 Å². The normalized spacial score (nSPS) is 15.7. The summed E-state index contributed by atoms with van der Waals surface area (Å²) in [6, 6.07) is 5.60. The van der Waals surface area contributed by atoms with Crippen molar-refractivity contribution < 1.29 is 9.59 Å². The van der Waals surface area contributed by atoms with Gasteiger partial charge in [0.15, 0.2) is 0 Å². The van der Waals surface area contributed by atoms with Crippen molar-refractivity contribution in [2.75, 3.05) is 7.05 Å². The van der Waals surface area contributed by atoms with Crippen molar-refractivity contribution in [1.29, 1.82) is 0 Å². The van der Waals surface area contributed by atoms with Crippen LogP contribution in [0.25, 0.3) is 0 Å². The Morgan fingerprint density at radius 3 is 2.71 bits per heavy atom. The van der Waals surface area contributed by atoms with Crippen LogP contribution in [0.1, 0.15) is 21.5 Å². The molecule has 3 heteroatoms. The average Bonchev–Trinajstić information content (AvgIpc) is 2.14. The van der Waals surface area contributed by atoms with Gasteiger partial charge in [-0.2, -0.15) is 0 Å². The second-order valence-corrected chi connectivity index (χ2v) is 3.54. The summed E-state index contributed by atoms with van der Waals surface area (Å²) in [5.41, 5.74) is 2.47. The molecule has 14 heavy (non-hydrogen) atoms. The summed E-state index contributed by atoms with van der Waals surface area (Å²) in [7, 11) is 1.53. The lowest BCUT2D eigenvalue weighted by molar-refractivity contribution is -0.127. The second-order valence-electron chi connectivity index (χ2n) is 3.54. The van der Waals surface area contributed by atoms with Crippen molar-refractivity contribution in [3.63, 3.8) is 0 Å². The van der Waals surface area contributed by atoms with Crippen LogP contribution in [0.5, 0.6) is 0 Å². The topological polar surface area (TPSA) is 37.4 Å². The van der Waals surface area contributed by atoms with Crippen molar-refractivity contribution in [3.8, 4) is 0 Å². The third-order valence-corrected chi connectivity index (χ3v) is 2.59. The number of hydrogen-bond donors (Lipinski definition) is 0. The van der Waals surface area contributed by atoms with E-state index in [0.717, 1.165) is 11.1 Å². The molecule has 72 valence electrons. The molecule has 0 radical (unpaired) electrons. The van der Waals surface area contributed by atoms with Gasteiger partial charge in [-0.25, -0.2) is 0 Å². The third kappa shape index (κ3) is 1.13. The lowest BCUT2D eigenvalue weighted by atomic mass is 9.95. The summed E-state index contributed by atoms with van der Waals surface area (Å²) in [6.45, 7) is 1.89. The minimum atomic E-state index is -0.186. The molecule has 0 N–H and O–H groups in total. The predicted octanol–water partition coefficient (Wildman–Crippen LogP) is 1.15. The van der Waals surface area contributed by atoms with Crippen molar-refractivity contribution in [2.45, 2.75) is 13.3 Å². The number of carbonyl (C=O) groups is 2. The van der Waals surface area contributed by atoms with E-state index in [9.17, 15) is 9.59 Å². The lowest BCUT2D eigenvalue weighted by Gasteiger charge is -2.24. The van der Waals surface area contributed by atoms with Gasteiger partial charge < -0.3 is 0 Å². The zero-order chi connectivity index (χ0) is 10.3. The van der Waals surface area contributed by atoms with Crippen LogP contribution >= 0.6 is 0 Å². The highest BCUT2D eigenvalue weighted by atomic mass is 16.2. The van der Waals surface area contributed by atoms with Gasteiger partial charge in [0.05, 0.1) is 6.42 Å². The highest BCUT2D eigenvalue weighted by Crippen LogP contribution is 2.21. The van der Waals surface area contributed by atoms with E-state index in [1.165, 1.54) is 11.9 Å². The van der Waals surface area contributed by atoms with E-state index in [-0.39, 0.29) is 11.8 Å². The molecule has 0 fully saturated rings. The number of fused-ring (bicyclic) bond motifs is 1. The van der Waals surface area contributed by atoms with Gasteiger partial charge in [0.2, 0.25) is 5.91 Å². The number of likely N-dealkylation sites (N-methyl/N-ethyl adjacent to an activating group) is 1. The quantitative estimate of drug-likeness (QED) is 0.574. The summed E-state index contributed by atoms with van der Waals surface area (Å²) in [6.07, 6.45) is 0.333. The number of nitrogens with zero attached hydrogens (tertiary/aromatic N) is 1. The number of hydrogen-bond acceptors (Lipinski definition) is 2. The van der Waals surface area contributed by atoms with Gasteiger partial charge in [0, 0.05) is 12.6 Å². The van der Waals surface area contributed by atoms with Gasteiger partial charge in [0.25, 0.3) is 5.91 Å². The molecule has 0 saturated heterocycles. The molecule has 3 nitrogen and oxygen atoms in total. The molecule has 0 aliphatic carbocycles. The second kappa shape index (κ2) is 2.94. The van der Waals surface area contributed by atoms with E-state index in [0.29, 0.717) is 12.0 Å². The summed E-state index contributed by atoms with van der Waals surface area (Å²) >= 11 is 0. The molecule has 1 aromatic carbocycles. The van der Waals surface area contributed by atoms with Crippen LogP contribution in [-0.4, -0.2) is 23.8 Å². The fourth-order valence-electron chi connectivity index (χ4n) is 1.74. The van der Waals surface area contributed by atoms with Gasteiger partial charge in [0.1, 0.15) is 0 Å². The van der Waals surface area contributed by atoms with Crippen LogP contribution < -0.4 is 0 Å². The minimum absolute atomic E-state index is 0.131. The summed E-state index contributed by atoms with van der Waals surface area (Å²) < 4.78 is 0. The molecule has 0 saturated carbocycles. The van der Waals surface area contributed by atoms with Gasteiger partial charge in [-0.1, -0.05) is 18.2 Å². The van der Waals surface area contributed by atoms with Crippen LogP contribution in [0.2, 0.25) is 0 Å².